The summed E-state index contributed by atoms with van der Waals surface area (Å²) in [6.07, 6.45) is 0.428. The zero-order chi connectivity index (χ0) is 16.1. The van der Waals surface area contributed by atoms with Crippen molar-refractivity contribution in [1.82, 2.24) is 0 Å². The summed E-state index contributed by atoms with van der Waals surface area (Å²) >= 11 is 0. The number of hydrogen-bond acceptors (Lipinski definition) is 3. The van der Waals surface area contributed by atoms with Gasteiger partial charge in [-0.2, -0.15) is 0 Å². The third-order valence-corrected chi connectivity index (χ3v) is 3.62. The van der Waals surface area contributed by atoms with Gasteiger partial charge < -0.3 is 15.2 Å². The van der Waals surface area contributed by atoms with Gasteiger partial charge in [0.1, 0.15) is 23.1 Å². The molecular weight excluding hydrogens is 288 g/mol. The van der Waals surface area contributed by atoms with Crippen molar-refractivity contribution in [2.24, 2.45) is 5.73 Å². The Bertz CT molecular complexity index is 647. The number of rotatable bonds is 6. The Kier molecular flexibility index (Phi) is 5.33. The predicted molar refractivity (Wildman–Crippen MR) is 81.4 cm³/mol. The fourth-order valence-corrected chi connectivity index (χ4v) is 2.52. The highest BCUT2D eigenvalue weighted by Crippen LogP contribution is 2.32. The molecule has 3 nitrogen and oxygen atoms in total. The Morgan fingerprint density at radius 3 is 2.14 bits per heavy atom. The summed E-state index contributed by atoms with van der Waals surface area (Å²) in [6.45, 7) is 0.277. The summed E-state index contributed by atoms with van der Waals surface area (Å²) in [4.78, 5) is 0. The molecule has 2 N–H and O–H groups in total. The maximum Gasteiger partial charge on any atom is 0.123 e. The third-order valence-electron chi connectivity index (χ3n) is 3.62. The number of nitrogens with two attached hydrogens (primary N) is 1. The Morgan fingerprint density at radius 2 is 1.55 bits per heavy atom. The molecule has 0 spiro atoms. The van der Waals surface area contributed by atoms with Gasteiger partial charge in [-0.3, -0.25) is 0 Å². The lowest BCUT2D eigenvalue weighted by Gasteiger charge is -2.19. The van der Waals surface area contributed by atoms with E-state index in [9.17, 15) is 8.78 Å². The first-order valence-corrected chi connectivity index (χ1v) is 6.95. The number of methoxy groups -OCH3 is 2. The van der Waals surface area contributed by atoms with E-state index in [-0.39, 0.29) is 24.1 Å². The van der Waals surface area contributed by atoms with Gasteiger partial charge >= 0.3 is 0 Å². The normalized spacial score (nSPS) is 12.0. The molecule has 1 unspecified atom stereocenters. The first-order valence-electron chi connectivity index (χ1n) is 6.95. The van der Waals surface area contributed by atoms with Crippen LogP contribution >= 0.6 is 0 Å². The molecule has 0 saturated carbocycles. The maximum absolute atomic E-state index is 13.5. The van der Waals surface area contributed by atoms with Gasteiger partial charge in [0.15, 0.2) is 0 Å². The highest BCUT2D eigenvalue weighted by atomic mass is 19.1. The van der Waals surface area contributed by atoms with Crippen LogP contribution < -0.4 is 15.2 Å². The smallest absolute Gasteiger partial charge is 0.123 e. The van der Waals surface area contributed by atoms with Gasteiger partial charge in [0.05, 0.1) is 14.2 Å². The van der Waals surface area contributed by atoms with Crippen molar-refractivity contribution >= 4 is 0 Å². The molecule has 0 radical (unpaired) electrons. The quantitative estimate of drug-likeness (QED) is 0.891. The average molecular weight is 307 g/mol. The second kappa shape index (κ2) is 7.22. The summed E-state index contributed by atoms with van der Waals surface area (Å²) in [5.74, 6) is 0.224. The lowest BCUT2D eigenvalue weighted by atomic mass is 9.90. The first-order chi connectivity index (χ1) is 10.6. The molecule has 2 aromatic rings. The van der Waals surface area contributed by atoms with Crippen molar-refractivity contribution in [2.45, 2.75) is 12.3 Å². The molecule has 0 bridgehead atoms. The Morgan fingerprint density at radius 1 is 0.955 bits per heavy atom. The van der Waals surface area contributed by atoms with E-state index in [0.29, 0.717) is 29.0 Å². The van der Waals surface area contributed by atoms with E-state index in [1.54, 1.807) is 12.1 Å². The highest BCUT2D eigenvalue weighted by Gasteiger charge is 2.18. The maximum atomic E-state index is 13.5. The van der Waals surface area contributed by atoms with Crippen LogP contribution in [-0.2, 0) is 6.42 Å². The second-order valence-corrected chi connectivity index (χ2v) is 4.98. The molecule has 2 rings (SSSR count). The van der Waals surface area contributed by atoms with Gasteiger partial charge in [0.2, 0.25) is 0 Å². The van der Waals surface area contributed by atoms with Gasteiger partial charge in [-0.1, -0.05) is 0 Å². The molecule has 0 amide bonds. The SMILES string of the molecule is COc1ccc(F)cc1CC(CN)c1cc(F)ccc1OC. The van der Waals surface area contributed by atoms with E-state index in [4.69, 9.17) is 15.2 Å². The Hall–Kier alpha value is -2.14. The molecule has 22 heavy (non-hydrogen) atoms. The monoisotopic (exact) mass is 307 g/mol. The summed E-state index contributed by atoms with van der Waals surface area (Å²) < 4.78 is 37.5. The molecule has 2 aromatic carbocycles. The van der Waals surface area contributed by atoms with Gasteiger partial charge in [0.25, 0.3) is 0 Å². The molecule has 0 aliphatic heterocycles. The molecule has 1 atom stereocenters. The zero-order valence-electron chi connectivity index (χ0n) is 12.6. The first kappa shape index (κ1) is 16.2. The van der Waals surface area contributed by atoms with E-state index < -0.39 is 0 Å². The molecule has 0 aliphatic carbocycles. The fraction of sp³-hybridized carbons (Fsp3) is 0.294. The van der Waals surface area contributed by atoms with Crippen molar-refractivity contribution in [3.05, 3.63) is 59.2 Å². The van der Waals surface area contributed by atoms with Crippen molar-refractivity contribution in [3.8, 4) is 11.5 Å². The van der Waals surface area contributed by atoms with Crippen LogP contribution in [0, 0.1) is 11.6 Å². The molecule has 118 valence electrons. The second-order valence-electron chi connectivity index (χ2n) is 4.98. The summed E-state index contributed by atoms with van der Waals surface area (Å²) in [7, 11) is 3.05. The van der Waals surface area contributed by atoms with Crippen LogP contribution in [0.25, 0.3) is 0 Å². The number of benzene rings is 2. The predicted octanol–water partition coefficient (Wildman–Crippen LogP) is 3.27. The zero-order valence-corrected chi connectivity index (χ0v) is 12.6. The third kappa shape index (κ3) is 3.54. The number of hydrogen-bond donors (Lipinski definition) is 1. The lowest BCUT2D eigenvalue weighted by molar-refractivity contribution is 0.398. The van der Waals surface area contributed by atoms with E-state index >= 15 is 0 Å². The Labute approximate surface area is 128 Å². The van der Waals surface area contributed by atoms with E-state index in [0.717, 1.165) is 0 Å². The topological polar surface area (TPSA) is 44.5 Å². The average Bonchev–Trinajstić information content (AvgIpc) is 2.52. The standard InChI is InChI=1S/C17H19F2NO2/c1-21-16-5-3-13(18)8-11(16)7-12(10-20)15-9-14(19)4-6-17(15)22-2/h3-6,8-9,12H,7,10,20H2,1-2H3. The summed E-state index contributed by atoms with van der Waals surface area (Å²) in [6, 6.07) is 8.62. The van der Waals surface area contributed by atoms with Crippen LogP contribution in [0.4, 0.5) is 8.78 Å². The van der Waals surface area contributed by atoms with Crippen LogP contribution in [0.2, 0.25) is 0 Å². The van der Waals surface area contributed by atoms with Crippen LogP contribution in [0.3, 0.4) is 0 Å². The van der Waals surface area contributed by atoms with E-state index in [1.807, 2.05) is 0 Å². The van der Waals surface area contributed by atoms with Crippen molar-refractivity contribution in [3.63, 3.8) is 0 Å². The molecule has 0 fully saturated rings. The van der Waals surface area contributed by atoms with Crippen molar-refractivity contribution in [1.29, 1.82) is 0 Å². The van der Waals surface area contributed by atoms with Crippen LogP contribution in [0.15, 0.2) is 36.4 Å². The largest absolute Gasteiger partial charge is 0.496 e. The number of halogens is 2. The molecular formula is C17H19F2NO2. The lowest BCUT2D eigenvalue weighted by Crippen LogP contribution is -2.16. The molecule has 0 aromatic heterocycles. The minimum absolute atomic E-state index is 0.207. The molecule has 5 heteroatoms. The fourth-order valence-electron chi connectivity index (χ4n) is 2.52. The van der Waals surface area contributed by atoms with Gasteiger partial charge in [-0.15, -0.1) is 0 Å². The van der Waals surface area contributed by atoms with Gasteiger partial charge in [0, 0.05) is 11.5 Å². The molecule has 0 saturated heterocycles. The van der Waals surface area contributed by atoms with E-state index in [2.05, 4.69) is 0 Å². The number of ether oxygens (including phenoxy) is 2. The van der Waals surface area contributed by atoms with Crippen LogP contribution in [0.1, 0.15) is 17.0 Å². The highest BCUT2D eigenvalue weighted by molar-refractivity contribution is 5.41. The van der Waals surface area contributed by atoms with E-state index in [1.165, 1.54) is 38.5 Å². The summed E-state index contributed by atoms with van der Waals surface area (Å²) in [5, 5.41) is 0. The Balaban J connectivity index is 2.38. The minimum atomic E-state index is -0.361. The molecule has 0 heterocycles. The van der Waals surface area contributed by atoms with Gasteiger partial charge in [-0.25, -0.2) is 8.78 Å². The minimum Gasteiger partial charge on any atom is -0.496 e. The summed E-state index contributed by atoms with van der Waals surface area (Å²) in [5.41, 5.74) is 7.19. The van der Waals surface area contributed by atoms with Gasteiger partial charge in [-0.05, 0) is 54.9 Å². The van der Waals surface area contributed by atoms with Crippen molar-refractivity contribution in [2.75, 3.05) is 20.8 Å². The van der Waals surface area contributed by atoms with Crippen LogP contribution in [-0.4, -0.2) is 20.8 Å². The van der Waals surface area contributed by atoms with Crippen LogP contribution in [0.5, 0.6) is 11.5 Å². The van der Waals surface area contributed by atoms with Crippen molar-refractivity contribution < 1.29 is 18.3 Å². The molecule has 0 aliphatic rings.